The molecule has 0 saturated heterocycles. The maximum atomic E-state index is 14.1. The van der Waals surface area contributed by atoms with Crippen LogP contribution in [0.2, 0.25) is 0 Å². The number of carbonyl (C=O) groups excluding carboxylic acids is 2. The average molecular weight is 494 g/mol. The number of nitrogens with one attached hydrogen (secondary N) is 3. The molecule has 186 valence electrons. The van der Waals surface area contributed by atoms with Crippen molar-refractivity contribution in [3.63, 3.8) is 0 Å². The zero-order valence-corrected chi connectivity index (χ0v) is 19.8. The third-order valence-electron chi connectivity index (χ3n) is 5.88. The second-order valence-electron chi connectivity index (χ2n) is 8.43. The number of rotatable bonds is 2. The zero-order valence-electron chi connectivity index (χ0n) is 19.8. The van der Waals surface area contributed by atoms with E-state index in [1.165, 1.54) is 16.8 Å². The summed E-state index contributed by atoms with van der Waals surface area (Å²) >= 11 is 0. The van der Waals surface area contributed by atoms with E-state index in [2.05, 4.69) is 31.0 Å². The monoisotopic (exact) mass is 493 g/mol. The highest BCUT2D eigenvalue weighted by Crippen LogP contribution is 2.35. The first-order valence-electron chi connectivity index (χ1n) is 11.2. The molecule has 0 fully saturated rings. The Labute approximate surface area is 204 Å². The van der Waals surface area contributed by atoms with Gasteiger partial charge in [0, 0.05) is 38.0 Å². The van der Waals surface area contributed by atoms with Crippen LogP contribution in [-0.2, 0) is 13.6 Å². The number of nitrogens with zero attached hydrogens (tertiary/aromatic N) is 5. The van der Waals surface area contributed by atoms with Crippen molar-refractivity contribution in [3.05, 3.63) is 53.4 Å². The molecule has 0 aromatic carbocycles. The van der Waals surface area contributed by atoms with Crippen LogP contribution >= 0.6 is 0 Å². The van der Waals surface area contributed by atoms with Crippen molar-refractivity contribution in [2.75, 3.05) is 24.6 Å². The Balaban J connectivity index is 1.71. The molecule has 5 N–H and O–H groups in total. The molecule has 4 aromatic rings. The minimum Gasteiger partial charge on any atom is -0.473 e. The van der Waals surface area contributed by atoms with Gasteiger partial charge in [-0.1, -0.05) is 0 Å². The quantitative estimate of drug-likeness (QED) is 0.326. The minimum absolute atomic E-state index is 0.0996. The number of anilines is 2. The summed E-state index contributed by atoms with van der Waals surface area (Å²) in [6.07, 6.45) is 3.75. The van der Waals surface area contributed by atoms with Gasteiger partial charge in [-0.25, -0.2) is 14.4 Å². The fraction of sp³-hybridized carbons (Fsp3) is 0.261. The Kier molecular flexibility index (Phi) is 5.66. The van der Waals surface area contributed by atoms with Crippen LogP contribution in [0.4, 0.5) is 16.0 Å². The number of nitrogen functional groups attached to an aromatic ring is 1. The van der Waals surface area contributed by atoms with Gasteiger partial charge in [-0.3, -0.25) is 9.59 Å². The Bertz CT molecular complexity index is 1510. The van der Waals surface area contributed by atoms with Crippen LogP contribution in [0.3, 0.4) is 0 Å². The molecular weight excluding hydrogens is 469 g/mol. The molecule has 36 heavy (non-hydrogen) atoms. The lowest BCUT2D eigenvalue weighted by Gasteiger charge is -2.17. The standard InChI is InChI=1S/C23H24FN9O3/c1-11-6-28-21(34)15-9-30-33-18(25)17(13-5-16(22(35)26-2)32(3)10-13)19(31-20(15)33)27-7-12-4-14(24)8-29-23(12)36-11/h4-5,8-11H,6-7,25H2,1-3H3,(H,26,35)(H,27,31)(H,28,34). The summed E-state index contributed by atoms with van der Waals surface area (Å²) in [5, 5.41) is 12.9. The summed E-state index contributed by atoms with van der Waals surface area (Å²) in [7, 11) is 3.28. The minimum atomic E-state index is -0.524. The topological polar surface area (TPSA) is 153 Å². The number of carbonyl (C=O) groups is 2. The van der Waals surface area contributed by atoms with Gasteiger partial charge in [0.2, 0.25) is 5.88 Å². The molecule has 1 atom stereocenters. The van der Waals surface area contributed by atoms with Crippen LogP contribution in [0.1, 0.15) is 33.3 Å². The molecule has 1 aliphatic rings. The number of nitrogens with two attached hydrogens (primary N) is 1. The summed E-state index contributed by atoms with van der Waals surface area (Å²) in [5.74, 6) is -0.462. The second kappa shape index (κ2) is 8.83. The van der Waals surface area contributed by atoms with Crippen LogP contribution in [0.5, 0.6) is 5.88 Å². The van der Waals surface area contributed by atoms with Crippen LogP contribution in [0, 0.1) is 5.82 Å². The number of ether oxygens (including phenoxy) is 1. The molecule has 0 radical (unpaired) electrons. The molecule has 0 spiro atoms. The van der Waals surface area contributed by atoms with Crippen molar-refractivity contribution in [2.24, 2.45) is 7.05 Å². The Morgan fingerprint density at radius 2 is 2.11 bits per heavy atom. The predicted molar refractivity (Wildman–Crippen MR) is 129 cm³/mol. The van der Waals surface area contributed by atoms with E-state index in [1.807, 2.05) is 0 Å². The van der Waals surface area contributed by atoms with Gasteiger partial charge in [0.15, 0.2) is 5.65 Å². The van der Waals surface area contributed by atoms with E-state index in [0.717, 1.165) is 6.20 Å². The SMILES string of the molecule is CNC(=O)c1cc(-c2c3nc4c(cnn4c2N)C(=O)NCC(C)Oc2ncc(F)cc2CN3)cn1C. The van der Waals surface area contributed by atoms with Crippen molar-refractivity contribution in [1.82, 2.24) is 34.8 Å². The Hall–Kier alpha value is -4.68. The van der Waals surface area contributed by atoms with Crippen molar-refractivity contribution >= 4 is 29.1 Å². The molecule has 2 amide bonds. The summed E-state index contributed by atoms with van der Waals surface area (Å²) in [6, 6.07) is 2.99. The van der Waals surface area contributed by atoms with Crippen LogP contribution in [0.25, 0.3) is 16.8 Å². The molecular formula is C23H24FN9O3. The molecule has 1 aliphatic heterocycles. The molecule has 13 heteroatoms. The third kappa shape index (κ3) is 3.93. The predicted octanol–water partition coefficient (Wildman–Crippen LogP) is 1.33. The lowest BCUT2D eigenvalue weighted by molar-refractivity contribution is 0.0930. The maximum absolute atomic E-state index is 14.1. The van der Waals surface area contributed by atoms with E-state index < -0.39 is 17.8 Å². The molecule has 1 unspecified atom stereocenters. The van der Waals surface area contributed by atoms with Crippen molar-refractivity contribution < 1.29 is 18.7 Å². The van der Waals surface area contributed by atoms with Crippen molar-refractivity contribution in [1.29, 1.82) is 0 Å². The van der Waals surface area contributed by atoms with Crippen molar-refractivity contribution in [2.45, 2.75) is 19.6 Å². The zero-order chi connectivity index (χ0) is 25.6. The molecule has 0 saturated carbocycles. The maximum Gasteiger partial charge on any atom is 0.267 e. The van der Waals surface area contributed by atoms with Gasteiger partial charge in [0.25, 0.3) is 11.8 Å². The summed E-state index contributed by atoms with van der Waals surface area (Å²) in [4.78, 5) is 34.0. The third-order valence-corrected chi connectivity index (χ3v) is 5.88. The van der Waals surface area contributed by atoms with Gasteiger partial charge in [-0.15, -0.1) is 0 Å². The van der Waals surface area contributed by atoms with Gasteiger partial charge >= 0.3 is 0 Å². The van der Waals surface area contributed by atoms with Crippen LogP contribution < -0.4 is 26.4 Å². The molecule has 12 nitrogen and oxygen atoms in total. The van der Waals surface area contributed by atoms with Gasteiger partial charge in [0.05, 0.1) is 24.5 Å². The number of hydrogen-bond donors (Lipinski definition) is 4. The molecule has 2 bridgehead atoms. The highest BCUT2D eigenvalue weighted by atomic mass is 19.1. The highest BCUT2D eigenvalue weighted by Gasteiger charge is 2.24. The van der Waals surface area contributed by atoms with E-state index in [-0.39, 0.29) is 41.9 Å². The first-order chi connectivity index (χ1) is 17.3. The first-order valence-corrected chi connectivity index (χ1v) is 11.2. The van der Waals surface area contributed by atoms with Crippen LogP contribution in [0.15, 0.2) is 30.7 Å². The Morgan fingerprint density at radius 1 is 1.31 bits per heavy atom. The smallest absolute Gasteiger partial charge is 0.267 e. The molecule has 5 heterocycles. The van der Waals surface area contributed by atoms with Gasteiger partial charge in [-0.05, 0) is 19.1 Å². The summed E-state index contributed by atoms with van der Waals surface area (Å²) in [6.45, 7) is 2.04. The van der Waals surface area contributed by atoms with Crippen molar-refractivity contribution in [3.8, 4) is 17.0 Å². The fourth-order valence-corrected chi connectivity index (χ4v) is 4.09. The van der Waals surface area contributed by atoms with Crippen LogP contribution in [-0.4, -0.2) is 55.7 Å². The summed E-state index contributed by atoms with van der Waals surface area (Å²) in [5.41, 5.74) is 8.92. The number of aromatic nitrogens is 5. The van der Waals surface area contributed by atoms with E-state index in [0.29, 0.717) is 28.2 Å². The van der Waals surface area contributed by atoms with E-state index in [1.54, 1.807) is 37.8 Å². The number of fused-ring (bicyclic) bond motifs is 2. The molecule has 5 rings (SSSR count). The normalized spacial score (nSPS) is 15.7. The van der Waals surface area contributed by atoms with E-state index in [4.69, 9.17) is 10.5 Å². The van der Waals surface area contributed by atoms with Gasteiger partial charge in [-0.2, -0.15) is 9.61 Å². The number of hydrogen-bond acceptors (Lipinski definition) is 8. The summed E-state index contributed by atoms with van der Waals surface area (Å²) < 4.78 is 23.0. The van der Waals surface area contributed by atoms with E-state index >= 15 is 0 Å². The molecule has 4 aromatic heterocycles. The highest BCUT2D eigenvalue weighted by molar-refractivity contribution is 6.01. The second-order valence-corrected chi connectivity index (χ2v) is 8.43. The number of amides is 2. The molecule has 0 aliphatic carbocycles. The largest absolute Gasteiger partial charge is 0.473 e. The number of halogens is 1. The van der Waals surface area contributed by atoms with Gasteiger partial charge in [0.1, 0.15) is 34.8 Å². The van der Waals surface area contributed by atoms with E-state index in [9.17, 15) is 14.0 Å². The lowest BCUT2D eigenvalue weighted by Crippen LogP contribution is -2.33. The fourth-order valence-electron chi connectivity index (χ4n) is 4.09. The average Bonchev–Trinajstić information content (AvgIpc) is 3.45. The first kappa shape index (κ1) is 23.1. The number of pyridine rings is 1. The lowest BCUT2D eigenvalue weighted by atomic mass is 10.1. The Morgan fingerprint density at radius 3 is 2.89 bits per heavy atom. The van der Waals surface area contributed by atoms with Gasteiger partial charge < -0.3 is 31.0 Å². The number of aryl methyl sites for hydroxylation is 1.